The summed E-state index contributed by atoms with van der Waals surface area (Å²) in [7, 11) is 0. The third-order valence-electron chi connectivity index (χ3n) is 6.66. The van der Waals surface area contributed by atoms with E-state index in [9.17, 15) is 9.59 Å². The van der Waals surface area contributed by atoms with Gasteiger partial charge in [-0.25, -0.2) is 4.79 Å². The molecule has 36 heavy (non-hydrogen) atoms. The maximum Gasteiger partial charge on any atom is 0.336 e. The van der Waals surface area contributed by atoms with Gasteiger partial charge in [0.25, 0.3) is 0 Å². The van der Waals surface area contributed by atoms with Crippen molar-refractivity contribution in [1.82, 2.24) is 10.3 Å². The molecular weight excluding hydrogens is 452 g/mol. The highest BCUT2D eigenvalue weighted by Crippen LogP contribution is 2.45. The highest BCUT2D eigenvalue weighted by Gasteiger charge is 2.41. The molecule has 6 nitrogen and oxygen atoms in total. The van der Waals surface area contributed by atoms with Gasteiger partial charge in [0.2, 0.25) is 0 Å². The van der Waals surface area contributed by atoms with Gasteiger partial charge in [0.1, 0.15) is 19.0 Å². The number of rotatable bonds is 7. The summed E-state index contributed by atoms with van der Waals surface area (Å²) in [4.78, 5) is 31.2. The van der Waals surface area contributed by atoms with Gasteiger partial charge in [0.05, 0.1) is 5.57 Å². The summed E-state index contributed by atoms with van der Waals surface area (Å²) < 4.78 is 11.3. The predicted octanol–water partition coefficient (Wildman–Crippen LogP) is 5.07. The molecule has 1 aromatic heterocycles. The number of hydrogen-bond acceptors (Lipinski definition) is 6. The van der Waals surface area contributed by atoms with Crippen molar-refractivity contribution in [3.05, 3.63) is 119 Å². The first-order chi connectivity index (χ1) is 17.6. The molecule has 6 heteroatoms. The van der Waals surface area contributed by atoms with Crippen LogP contribution in [-0.4, -0.2) is 30.0 Å². The second kappa shape index (κ2) is 10.6. The van der Waals surface area contributed by atoms with Crippen LogP contribution < -0.4 is 10.1 Å². The number of benzene rings is 2. The summed E-state index contributed by atoms with van der Waals surface area (Å²) in [6.07, 6.45) is 4.50. The molecular formula is C30H28N2O4. The van der Waals surface area contributed by atoms with E-state index in [2.05, 4.69) is 22.4 Å². The van der Waals surface area contributed by atoms with Gasteiger partial charge < -0.3 is 14.8 Å². The molecule has 0 radical (unpaired) electrons. The molecule has 2 heterocycles. The van der Waals surface area contributed by atoms with Crippen molar-refractivity contribution in [2.24, 2.45) is 0 Å². The zero-order chi connectivity index (χ0) is 24.9. The number of para-hydroxylation sites is 1. The van der Waals surface area contributed by atoms with Crippen LogP contribution in [0.2, 0.25) is 0 Å². The number of hydrogen-bond donors (Lipinski definition) is 1. The lowest BCUT2D eigenvalue weighted by molar-refractivity contribution is -0.140. The lowest BCUT2D eigenvalue weighted by Gasteiger charge is -2.36. The minimum atomic E-state index is -0.526. The minimum Gasteiger partial charge on any atom is -0.490 e. The van der Waals surface area contributed by atoms with Crippen molar-refractivity contribution in [2.75, 3.05) is 13.2 Å². The van der Waals surface area contributed by atoms with Crippen molar-refractivity contribution in [3.63, 3.8) is 0 Å². The highest BCUT2D eigenvalue weighted by molar-refractivity contribution is 6.04. The molecule has 1 N–H and O–H groups in total. The van der Waals surface area contributed by atoms with Crippen molar-refractivity contribution < 1.29 is 19.1 Å². The molecule has 0 fully saturated rings. The number of ketones is 1. The molecule has 0 spiro atoms. The van der Waals surface area contributed by atoms with Gasteiger partial charge in [-0.3, -0.25) is 9.78 Å². The van der Waals surface area contributed by atoms with E-state index in [-0.39, 0.29) is 24.9 Å². The van der Waals surface area contributed by atoms with E-state index in [0.29, 0.717) is 35.4 Å². The molecule has 5 rings (SSSR count). The van der Waals surface area contributed by atoms with Gasteiger partial charge in [0, 0.05) is 41.7 Å². The maximum absolute atomic E-state index is 13.6. The van der Waals surface area contributed by atoms with Gasteiger partial charge in [0.15, 0.2) is 5.78 Å². The van der Waals surface area contributed by atoms with Gasteiger partial charge >= 0.3 is 5.97 Å². The number of allylic oxidation sites excluding steroid dienone is 3. The van der Waals surface area contributed by atoms with Crippen LogP contribution in [0.1, 0.15) is 42.7 Å². The van der Waals surface area contributed by atoms with Crippen molar-refractivity contribution in [1.29, 1.82) is 0 Å². The van der Waals surface area contributed by atoms with Crippen molar-refractivity contribution >= 4 is 11.8 Å². The van der Waals surface area contributed by atoms with E-state index >= 15 is 0 Å². The first-order valence-electron chi connectivity index (χ1n) is 12.2. The van der Waals surface area contributed by atoms with Crippen LogP contribution in [-0.2, 0) is 14.3 Å². The summed E-state index contributed by atoms with van der Waals surface area (Å²) in [5, 5.41) is 3.38. The molecule has 0 saturated heterocycles. The zero-order valence-corrected chi connectivity index (χ0v) is 20.1. The molecule has 2 aliphatic rings. The van der Waals surface area contributed by atoms with Crippen LogP contribution in [0, 0.1) is 0 Å². The van der Waals surface area contributed by atoms with Gasteiger partial charge in [-0.05, 0) is 48.6 Å². The fourth-order valence-electron chi connectivity index (χ4n) is 5.04. The Kier molecular flexibility index (Phi) is 6.94. The molecule has 0 bridgehead atoms. The molecule has 2 atom stereocenters. The van der Waals surface area contributed by atoms with E-state index in [0.717, 1.165) is 16.8 Å². The van der Waals surface area contributed by atoms with E-state index in [1.807, 2.05) is 67.6 Å². The molecule has 1 aliphatic carbocycles. The van der Waals surface area contributed by atoms with Crippen LogP contribution in [0.25, 0.3) is 0 Å². The summed E-state index contributed by atoms with van der Waals surface area (Å²) >= 11 is 0. The molecule has 1 aliphatic heterocycles. The van der Waals surface area contributed by atoms with Crippen molar-refractivity contribution in [3.8, 4) is 5.75 Å². The molecule has 0 amide bonds. The van der Waals surface area contributed by atoms with E-state index in [1.165, 1.54) is 0 Å². The largest absolute Gasteiger partial charge is 0.490 e. The summed E-state index contributed by atoms with van der Waals surface area (Å²) in [5.74, 6) is -0.142. The van der Waals surface area contributed by atoms with Crippen LogP contribution >= 0.6 is 0 Å². The molecule has 0 unspecified atom stereocenters. The van der Waals surface area contributed by atoms with Crippen LogP contribution in [0.15, 0.2) is 108 Å². The molecule has 3 aromatic rings. The molecule has 0 saturated carbocycles. The number of carbonyl (C=O) groups excluding carboxylic acids is 2. The monoisotopic (exact) mass is 480 g/mol. The number of esters is 1. The summed E-state index contributed by atoms with van der Waals surface area (Å²) in [6.45, 7) is 2.19. The normalized spacial score (nSPS) is 19.4. The van der Waals surface area contributed by atoms with Gasteiger partial charge in [-0.15, -0.1) is 0 Å². The third-order valence-corrected chi connectivity index (χ3v) is 6.66. The maximum atomic E-state index is 13.6. The average molecular weight is 481 g/mol. The Morgan fingerprint density at radius 3 is 2.39 bits per heavy atom. The second-order valence-corrected chi connectivity index (χ2v) is 9.01. The molecule has 2 aromatic carbocycles. The van der Waals surface area contributed by atoms with E-state index < -0.39 is 11.9 Å². The van der Waals surface area contributed by atoms with Crippen LogP contribution in [0.4, 0.5) is 0 Å². The lowest BCUT2D eigenvalue weighted by atomic mass is 9.72. The van der Waals surface area contributed by atoms with Crippen LogP contribution in [0.3, 0.4) is 0 Å². The highest BCUT2D eigenvalue weighted by atomic mass is 16.6. The predicted molar refractivity (Wildman–Crippen MR) is 136 cm³/mol. The van der Waals surface area contributed by atoms with Gasteiger partial charge in [-0.1, -0.05) is 54.6 Å². The Morgan fingerprint density at radius 2 is 1.67 bits per heavy atom. The van der Waals surface area contributed by atoms with Crippen molar-refractivity contribution in [2.45, 2.75) is 31.6 Å². The SMILES string of the molecule is CC1=C(C(=O)OCCOc2ccccc2)[C@@H](c2cccnc2)C2=C(C[C@H](c3ccccc3)CC2=O)N1. The standard InChI is InChI=1S/C30H28N2O4/c1-20-27(30(34)36-16-15-35-24-12-6-3-7-13-24)28(22-11-8-14-31-19-22)29-25(32-20)17-23(18-26(29)33)21-9-4-2-5-10-21/h2-14,19,23,28,32H,15-18H2,1H3/t23-,28+/m0/s1. The smallest absolute Gasteiger partial charge is 0.336 e. The zero-order valence-electron chi connectivity index (χ0n) is 20.1. The molecule has 182 valence electrons. The second-order valence-electron chi connectivity index (χ2n) is 9.01. The van der Waals surface area contributed by atoms with Gasteiger partial charge in [-0.2, -0.15) is 0 Å². The Bertz CT molecular complexity index is 1300. The quantitative estimate of drug-likeness (QED) is 0.376. The summed E-state index contributed by atoms with van der Waals surface area (Å²) in [6, 6.07) is 23.2. The summed E-state index contributed by atoms with van der Waals surface area (Å²) in [5.41, 5.74) is 4.57. The van der Waals surface area contributed by atoms with E-state index in [1.54, 1.807) is 12.4 Å². The third kappa shape index (κ3) is 4.93. The Labute approximate surface area is 210 Å². The minimum absolute atomic E-state index is 0.0386. The fraction of sp³-hybridized carbons (Fsp3) is 0.233. The lowest BCUT2D eigenvalue weighted by Crippen LogP contribution is -2.36. The first kappa shape index (κ1) is 23.5. The Hall–Kier alpha value is -4.19. The number of nitrogens with one attached hydrogen (secondary N) is 1. The number of carbonyl (C=O) groups is 2. The number of pyridine rings is 1. The number of nitrogens with zero attached hydrogens (tertiary/aromatic N) is 1. The number of ether oxygens (including phenoxy) is 2. The van der Waals surface area contributed by atoms with E-state index in [4.69, 9.17) is 9.47 Å². The average Bonchev–Trinajstić information content (AvgIpc) is 2.91. The number of aromatic nitrogens is 1. The number of dihydropyridines is 1. The topological polar surface area (TPSA) is 77.5 Å². The first-order valence-corrected chi connectivity index (χ1v) is 12.2. The Morgan fingerprint density at radius 1 is 0.944 bits per heavy atom. The number of Topliss-reactive ketones (excluding diaryl/α,β-unsaturated/α-hetero) is 1. The van der Waals surface area contributed by atoms with Crippen LogP contribution in [0.5, 0.6) is 5.75 Å². The Balaban J connectivity index is 1.39. The fourth-order valence-corrected chi connectivity index (χ4v) is 5.04.